The highest BCUT2D eigenvalue weighted by Gasteiger charge is 2.53. The molecule has 98 valence electrons. The first-order valence-corrected chi connectivity index (χ1v) is 6.82. The number of carbonyl (C=O) groups excluding carboxylic acids is 1. The largest absolute Gasteiger partial charge is 0.311 e. The molecule has 1 unspecified atom stereocenters. The molecule has 4 nitrogen and oxygen atoms in total. The molecule has 5 heteroatoms. The van der Waals surface area contributed by atoms with E-state index in [4.69, 9.17) is 0 Å². The van der Waals surface area contributed by atoms with Crippen LogP contribution in [0.15, 0.2) is 42.7 Å². The van der Waals surface area contributed by atoms with Crippen LogP contribution in [-0.2, 0) is 5.66 Å². The number of hydrogen-bond donors (Lipinski definition) is 1. The zero-order chi connectivity index (χ0) is 13.7. The van der Waals surface area contributed by atoms with E-state index in [0.717, 1.165) is 29.8 Å². The van der Waals surface area contributed by atoms with Crippen LogP contribution in [0.3, 0.4) is 0 Å². The molecule has 2 aliphatic rings. The van der Waals surface area contributed by atoms with Gasteiger partial charge in [0, 0.05) is 36.6 Å². The van der Waals surface area contributed by atoms with E-state index in [-0.39, 0.29) is 5.91 Å². The Balaban J connectivity index is 1.99. The molecule has 1 fully saturated rings. The maximum absolute atomic E-state index is 12.6. The van der Waals surface area contributed by atoms with Gasteiger partial charge in [-0.1, -0.05) is 29.7 Å². The van der Waals surface area contributed by atoms with Gasteiger partial charge in [0.25, 0.3) is 5.91 Å². The van der Waals surface area contributed by atoms with Crippen molar-refractivity contribution in [2.75, 3.05) is 13.1 Å². The third-order valence-corrected chi connectivity index (χ3v) is 4.28. The summed E-state index contributed by atoms with van der Waals surface area (Å²) in [6.07, 6.45) is 3.49. The Morgan fingerprint density at radius 1 is 1.25 bits per heavy atom. The Hall–Kier alpha value is -2.14. The van der Waals surface area contributed by atoms with Crippen LogP contribution in [0.5, 0.6) is 0 Å². The van der Waals surface area contributed by atoms with Crippen molar-refractivity contribution in [2.45, 2.75) is 5.66 Å². The number of fused-ring (bicyclic) bond motifs is 3. The van der Waals surface area contributed by atoms with Crippen molar-refractivity contribution in [1.29, 1.82) is 0 Å². The van der Waals surface area contributed by atoms with E-state index < -0.39 is 5.66 Å². The highest BCUT2D eigenvalue weighted by molar-refractivity contribution is 6.32. The van der Waals surface area contributed by atoms with Gasteiger partial charge in [0.1, 0.15) is 13.5 Å². The van der Waals surface area contributed by atoms with Crippen molar-refractivity contribution in [3.05, 3.63) is 59.4 Å². The van der Waals surface area contributed by atoms with Crippen molar-refractivity contribution in [1.82, 2.24) is 15.2 Å². The zero-order valence-electron chi connectivity index (χ0n) is 11.3. The van der Waals surface area contributed by atoms with Gasteiger partial charge < -0.3 is 4.90 Å². The van der Waals surface area contributed by atoms with Crippen molar-refractivity contribution in [3.63, 3.8) is 0 Å². The second-order valence-corrected chi connectivity index (χ2v) is 5.38. The van der Waals surface area contributed by atoms with E-state index in [1.54, 1.807) is 6.20 Å². The van der Waals surface area contributed by atoms with Crippen LogP contribution in [0.4, 0.5) is 0 Å². The van der Waals surface area contributed by atoms with E-state index in [9.17, 15) is 4.79 Å². The summed E-state index contributed by atoms with van der Waals surface area (Å²) in [5.41, 5.74) is 3.50. The number of pyridine rings is 1. The zero-order valence-corrected chi connectivity index (χ0v) is 11.3. The first kappa shape index (κ1) is 11.7. The molecule has 0 spiro atoms. The lowest BCUT2D eigenvalue weighted by molar-refractivity contribution is 0.0694. The van der Waals surface area contributed by atoms with Crippen LogP contribution in [0.2, 0.25) is 0 Å². The molecule has 0 radical (unpaired) electrons. The molecule has 3 heterocycles. The normalized spacial score (nSPS) is 23.8. The summed E-state index contributed by atoms with van der Waals surface area (Å²) in [4.78, 5) is 18.7. The minimum atomic E-state index is -0.533. The summed E-state index contributed by atoms with van der Waals surface area (Å²) in [6, 6.07) is 10.2. The molecule has 4 rings (SSSR count). The summed E-state index contributed by atoms with van der Waals surface area (Å²) in [7, 11) is 2.07. The SMILES string of the molecule is Bc1ccc(C23NCCN2C(=O)c2ccncc23)cc1. The van der Waals surface area contributed by atoms with Gasteiger partial charge in [0.15, 0.2) is 0 Å². The molecule has 1 atom stereocenters. The molecule has 0 saturated carbocycles. The minimum absolute atomic E-state index is 0.0907. The fraction of sp³-hybridized carbons (Fsp3) is 0.200. The minimum Gasteiger partial charge on any atom is -0.311 e. The quantitative estimate of drug-likeness (QED) is 0.712. The van der Waals surface area contributed by atoms with E-state index in [1.807, 2.05) is 17.2 Å². The average Bonchev–Trinajstić information content (AvgIpc) is 3.01. The summed E-state index contributed by atoms with van der Waals surface area (Å²) in [5, 5.41) is 3.52. The van der Waals surface area contributed by atoms with Crippen molar-refractivity contribution >= 4 is 19.2 Å². The van der Waals surface area contributed by atoms with Gasteiger partial charge >= 0.3 is 0 Å². The van der Waals surface area contributed by atoms with Gasteiger partial charge in [-0.15, -0.1) is 0 Å². The first-order chi connectivity index (χ1) is 9.73. The molecule has 20 heavy (non-hydrogen) atoms. The molecular weight excluding hydrogens is 249 g/mol. The lowest BCUT2D eigenvalue weighted by Gasteiger charge is -2.33. The van der Waals surface area contributed by atoms with E-state index in [1.165, 1.54) is 5.46 Å². The lowest BCUT2D eigenvalue weighted by atomic mass is 9.89. The molecule has 1 aromatic carbocycles. The number of nitrogens with one attached hydrogen (secondary N) is 1. The monoisotopic (exact) mass is 263 g/mol. The molecule has 1 N–H and O–H groups in total. The van der Waals surface area contributed by atoms with Gasteiger partial charge in [-0.05, 0) is 11.6 Å². The van der Waals surface area contributed by atoms with E-state index in [0.29, 0.717) is 0 Å². The smallest absolute Gasteiger partial charge is 0.256 e. The third-order valence-electron chi connectivity index (χ3n) is 4.28. The second kappa shape index (κ2) is 3.93. The fourth-order valence-corrected chi connectivity index (χ4v) is 3.33. The maximum Gasteiger partial charge on any atom is 0.256 e. The number of rotatable bonds is 1. The van der Waals surface area contributed by atoms with Crippen LogP contribution in [0, 0.1) is 0 Å². The van der Waals surface area contributed by atoms with Crippen molar-refractivity contribution < 1.29 is 4.79 Å². The number of benzene rings is 1. The molecule has 2 aliphatic heterocycles. The van der Waals surface area contributed by atoms with Crippen LogP contribution in [0.1, 0.15) is 21.5 Å². The van der Waals surface area contributed by atoms with Crippen LogP contribution in [-0.4, -0.2) is 36.7 Å². The molecule has 0 bridgehead atoms. The predicted octanol–water partition coefficient (Wildman–Crippen LogP) is -0.400. The van der Waals surface area contributed by atoms with E-state index >= 15 is 0 Å². The van der Waals surface area contributed by atoms with Gasteiger partial charge in [-0.25, -0.2) is 0 Å². The number of carbonyl (C=O) groups is 1. The standard InChI is InChI=1S/C15H14BN3O/c16-11-3-1-10(2-4-11)15-13-9-17-6-5-12(13)14(20)19(15)8-7-18-15/h1-6,9,18H,7-8,16H2. The van der Waals surface area contributed by atoms with Gasteiger partial charge in [0.2, 0.25) is 0 Å². The molecule has 0 aliphatic carbocycles. The number of amides is 1. The number of aromatic nitrogens is 1. The predicted molar refractivity (Wildman–Crippen MR) is 78.7 cm³/mol. The number of nitrogens with zero attached hydrogens (tertiary/aromatic N) is 2. The highest BCUT2D eigenvalue weighted by atomic mass is 16.2. The molecule has 1 saturated heterocycles. The fourth-order valence-electron chi connectivity index (χ4n) is 3.33. The summed E-state index contributed by atoms with van der Waals surface area (Å²) < 4.78 is 0. The van der Waals surface area contributed by atoms with Crippen LogP contribution < -0.4 is 10.8 Å². The summed E-state index contributed by atoms with van der Waals surface area (Å²) in [6.45, 7) is 1.52. The Labute approximate surface area is 118 Å². The Morgan fingerprint density at radius 2 is 2.05 bits per heavy atom. The topological polar surface area (TPSA) is 45.2 Å². The first-order valence-electron chi connectivity index (χ1n) is 6.82. The van der Waals surface area contributed by atoms with Gasteiger partial charge in [-0.3, -0.25) is 15.1 Å². The Morgan fingerprint density at radius 3 is 2.85 bits per heavy atom. The highest BCUT2D eigenvalue weighted by Crippen LogP contribution is 2.43. The Bertz CT molecular complexity index is 701. The molecule has 2 aromatic rings. The van der Waals surface area contributed by atoms with Gasteiger partial charge in [0.05, 0.1) is 0 Å². The second-order valence-electron chi connectivity index (χ2n) is 5.38. The molecule has 1 aromatic heterocycles. The number of hydrogen-bond acceptors (Lipinski definition) is 3. The molecule has 1 amide bonds. The Kier molecular flexibility index (Phi) is 2.29. The summed E-state index contributed by atoms with van der Waals surface area (Å²) in [5.74, 6) is 0.0907. The van der Waals surface area contributed by atoms with Crippen molar-refractivity contribution in [2.24, 2.45) is 0 Å². The van der Waals surface area contributed by atoms with Crippen LogP contribution >= 0.6 is 0 Å². The average molecular weight is 263 g/mol. The summed E-state index contributed by atoms with van der Waals surface area (Å²) >= 11 is 0. The van der Waals surface area contributed by atoms with Crippen molar-refractivity contribution in [3.8, 4) is 0 Å². The molecular formula is C15H14BN3O. The van der Waals surface area contributed by atoms with E-state index in [2.05, 4.69) is 42.4 Å². The maximum atomic E-state index is 12.6. The van der Waals surface area contributed by atoms with Crippen LogP contribution in [0.25, 0.3) is 0 Å². The van der Waals surface area contributed by atoms with Gasteiger partial charge in [-0.2, -0.15) is 0 Å². The lowest BCUT2D eigenvalue weighted by Crippen LogP contribution is -2.46. The third kappa shape index (κ3) is 1.30.